The number of rotatable bonds is 6. The Balaban J connectivity index is 1.37. The Morgan fingerprint density at radius 2 is 1.66 bits per heavy atom. The molecule has 4 rings (SSSR count). The van der Waals surface area contributed by atoms with E-state index in [0.29, 0.717) is 49.2 Å². The van der Waals surface area contributed by atoms with Crippen LogP contribution in [-0.4, -0.2) is 22.0 Å². The summed E-state index contributed by atoms with van der Waals surface area (Å²) in [7, 11) is 0. The fourth-order valence-electron chi connectivity index (χ4n) is 2.80. The van der Waals surface area contributed by atoms with Crippen LogP contribution in [0.25, 0.3) is 11.0 Å². The molecule has 1 aromatic heterocycles. The number of amides is 1. The van der Waals surface area contributed by atoms with Crippen LogP contribution in [-0.2, 0) is 4.79 Å². The smallest absolute Gasteiger partial charge is 0.265 e. The van der Waals surface area contributed by atoms with Gasteiger partial charge < -0.3 is 14.8 Å². The van der Waals surface area contributed by atoms with Gasteiger partial charge in [0.05, 0.1) is 27.3 Å². The van der Waals surface area contributed by atoms with Crippen LogP contribution >= 0.6 is 34.8 Å². The van der Waals surface area contributed by atoms with Gasteiger partial charge in [0, 0.05) is 10.7 Å². The van der Waals surface area contributed by atoms with Crippen LogP contribution < -0.4 is 14.8 Å². The lowest BCUT2D eigenvalue weighted by Crippen LogP contribution is -2.30. The van der Waals surface area contributed by atoms with Gasteiger partial charge in [0.25, 0.3) is 5.91 Å². The lowest BCUT2D eigenvalue weighted by Gasteiger charge is -2.15. The van der Waals surface area contributed by atoms with Crippen molar-refractivity contribution in [3.05, 3.63) is 81.9 Å². The Kier molecular flexibility index (Phi) is 6.65. The molecular weight excluding hydrogens is 473 g/mol. The molecule has 0 saturated heterocycles. The number of nitrogens with zero attached hydrogens (tertiary/aromatic N) is 2. The SMILES string of the molecule is C[C@@H](Oc1ccc(Oc2cnc3cc(Cl)ccc3n2)cc1)C(=O)Nc1ccc(Cl)c(Cl)c1. The van der Waals surface area contributed by atoms with Gasteiger partial charge in [0.15, 0.2) is 6.10 Å². The van der Waals surface area contributed by atoms with E-state index < -0.39 is 6.10 Å². The van der Waals surface area contributed by atoms with E-state index in [2.05, 4.69) is 15.3 Å². The van der Waals surface area contributed by atoms with Gasteiger partial charge in [0.1, 0.15) is 11.5 Å². The Labute approximate surface area is 199 Å². The molecule has 1 N–H and O–H groups in total. The highest BCUT2D eigenvalue weighted by molar-refractivity contribution is 6.42. The minimum atomic E-state index is -0.741. The second-order valence-electron chi connectivity index (χ2n) is 6.79. The molecule has 6 nitrogen and oxygen atoms in total. The zero-order chi connectivity index (χ0) is 22.7. The summed E-state index contributed by atoms with van der Waals surface area (Å²) < 4.78 is 11.5. The first kappa shape index (κ1) is 22.1. The first-order valence-electron chi connectivity index (χ1n) is 9.50. The maximum Gasteiger partial charge on any atom is 0.265 e. The van der Waals surface area contributed by atoms with Crippen molar-refractivity contribution in [2.24, 2.45) is 0 Å². The zero-order valence-corrected chi connectivity index (χ0v) is 18.9. The highest BCUT2D eigenvalue weighted by atomic mass is 35.5. The number of nitrogens with one attached hydrogen (secondary N) is 1. The summed E-state index contributed by atoms with van der Waals surface area (Å²) in [5, 5.41) is 4.10. The van der Waals surface area contributed by atoms with Crippen molar-refractivity contribution in [2.45, 2.75) is 13.0 Å². The molecule has 0 radical (unpaired) electrons. The molecular formula is C23H16Cl3N3O3. The van der Waals surface area contributed by atoms with Crippen molar-refractivity contribution in [1.29, 1.82) is 0 Å². The summed E-state index contributed by atoms with van der Waals surface area (Å²) in [4.78, 5) is 21.1. The first-order chi connectivity index (χ1) is 15.4. The summed E-state index contributed by atoms with van der Waals surface area (Å²) in [5.41, 5.74) is 1.89. The molecule has 162 valence electrons. The van der Waals surface area contributed by atoms with Crippen molar-refractivity contribution < 1.29 is 14.3 Å². The molecule has 0 fully saturated rings. The van der Waals surface area contributed by atoms with E-state index in [1.807, 2.05) is 0 Å². The second kappa shape index (κ2) is 9.61. The fraction of sp³-hybridized carbons (Fsp3) is 0.0870. The van der Waals surface area contributed by atoms with Crippen LogP contribution in [0.1, 0.15) is 6.92 Å². The van der Waals surface area contributed by atoms with Gasteiger partial charge >= 0.3 is 0 Å². The van der Waals surface area contributed by atoms with Crippen molar-refractivity contribution in [1.82, 2.24) is 9.97 Å². The largest absolute Gasteiger partial charge is 0.481 e. The minimum absolute atomic E-state index is 0.324. The van der Waals surface area contributed by atoms with Gasteiger partial charge in [-0.2, -0.15) is 0 Å². The number of aromatic nitrogens is 2. The third kappa shape index (κ3) is 5.40. The Hall–Kier alpha value is -3.06. The third-order valence-corrected chi connectivity index (χ3v) is 5.37. The normalized spacial score (nSPS) is 11.8. The van der Waals surface area contributed by atoms with Gasteiger partial charge in [-0.25, -0.2) is 9.97 Å². The van der Waals surface area contributed by atoms with Crippen LogP contribution in [0.2, 0.25) is 15.1 Å². The zero-order valence-electron chi connectivity index (χ0n) is 16.7. The summed E-state index contributed by atoms with van der Waals surface area (Å²) in [6.45, 7) is 1.65. The number of benzene rings is 3. The number of anilines is 1. The van der Waals surface area contributed by atoms with Crippen LogP contribution in [0.3, 0.4) is 0 Å². The number of fused-ring (bicyclic) bond motifs is 1. The van der Waals surface area contributed by atoms with Crippen LogP contribution in [0.5, 0.6) is 17.4 Å². The van der Waals surface area contributed by atoms with Gasteiger partial charge in [-0.15, -0.1) is 0 Å². The Bertz CT molecular complexity index is 1280. The number of carbonyl (C=O) groups is 1. The maximum atomic E-state index is 12.4. The monoisotopic (exact) mass is 487 g/mol. The highest BCUT2D eigenvalue weighted by Crippen LogP contribution is 2.26. The van der Waals surface area contributed by atoms with Crippen molar-refractivity contribution in [3.63, 3.8) is 0 Å². The molecule has 0 unspecified atom stereocenters. The maximum absolute atomic E-state index is 12.4. The van der Waals surface area contributed by atoms with Gasteiger partial charge in [-0.3, -0.25) is 4.79 Å². The topological polar surface area (TPSA) is 73.3 Å². The van der Waals surface area contributed by atoms with E-state index in [1.54, 1.807) is 67.6 Å². The number of carbonyl (C=O) groups excluding carboxylic acids is 1. The minimum Gasteiger partial charge on any atom is -0.481 e. The van der Waals surface area contributed by atoms with Crippen LogP contribution in [0.15, 0.2) is 66.9 Å². The predicted molar refractivity (Wildman–Crippen MR) is 126 cm³/mol. The second-order valence-corrected chi connectivity index (χ2v) is 8.04. The molecule has 0 aliphatic heterocycles. The Morgan fingerprint density at radius 1 is 0.906 bits per heavy atom. The molecule has 3 aromatic carbocycles. The average Bonchev–Trinajstić information content (AvgIpc) is 2.77. The van der Waals surface area contributed by atoms with E-state index in [0.717, 1.165) is 0 Å². The predicted octanol–water partition coefficient (Wildman–Crippen LogP) is 6.79. The summed E-state index contributed by atoms with van der Waals surface area (Å²) >= 11 is 17.8. The first-order valence-corrected chi connectivity index (χ1v) is 10.6. The molecule has 1 amide bonds. The van der Waals surface area contributed by atoms with E-state index >= 15 is 0 Å². The molecule has 0 bridgehead atoms. The van der Waals surface area contributed by atoms with Crippen molar-refractivity contribution >= 4 is 57.4 Å². The van der Waals surface area contributed by atoms with Gasteiger partial charge in [-0.1, -0.05) is 34.8 Å². The molecule has 32 heavy (non-hydrogen) atoms. The van der Waals surface area contributed by atoms with Crippen LogP contribution in [0, 0.1) is 0 Å². The van der Waals surface area contributed by atoms with E-state index in [9.17, 15) is 4.79 Å². The summed E-state index contributed by atoms with van der Waals surface area (Å²) in [5.74, 6) is 1.08. The molecule has 0 aliphatic rings. The van der Waals surface area contributed by atoms with E-state index in [-0.39, 0.29) is 5.91 Å². The van der Waals surface area contributed by atoms with Crippen molar-refractivity contribution in [2.75, 3.05) is 5.32 Å². The van der Waals surface area contributed by atoms with Crippen molar-refractivity contribution in [3.8, 4) is 17.4 Å². The molecule has 0 saturated carbocycles. The summed E-state index contributed by atoms with van der Waals surface area (Å²) in [6, 6.07) is 16.9. The quantitative estimate of drug-likeness (QED) is 0.323. The van der Waals surface area contributed by atoms with E-state index in [1.165, 1.54) is 6.20 Å². The Morgan fingerprint density at radius 3 is 2.41 bits per heavy atom. The fourth-order valence-corrected chi connectivity index (χ4v) is 3.26. The third-order valence-electron chi connectivity index (χ3n) is 4.40. The molecule has 0 aliphatic carbocycles. The average molecular weight is 489 g/mol. The standard InChI is InChI=1S/C23H16Cl3N3O3/c1-13(23(30)28-15-3-8-18(25)19(26)11-15)31-16-4-6-17(7-5-16)32-22-12-27-21-10-14(24)2-9-20(21)29-22/h2-13H,1H3,(H,28,30)/t13-/m1/s1. The molecule has 4 aromatic rings. The highest BCUT2D eigenvalue weighted by Gasteiger charge is 2.15. The number of hydrogen-bond donors (Lipinski definition) is 1. The van der Waals surface area contributed by atoms with Gasteiger partial charge in [0.2, 0.25) is 5.88 Å². The number of ether oxygens (including phenoxy) is 2. The summed E-state index contributed by atoms with van der Waals surface area (Å²) in [6.07, 6.45) is 0.785. The lowest BCUT2D eigenvalue weighted by molar-refractivity contribution is -0.122. The molecule has 9 heteroatoms. The molecule has 0 spiro atoms. The van der Waals surface area contributed by atoms with Gasteiger partial charge in [-0.05, 0) is 67.6 Å². The number of halogens is 3. The molecule has 1 heterocycles. The van der Waals surface area contributed by atoms with Crippen LogP contribution in [0.4, 0.5) is 5.69 Å². The lowest BCUT2D eigenvalue weighted by atomic mass is 10.3. The molecule has 1 atom stereocenters. The van der Waals surface area contributed by atoms with E-state index in [4.69, 9.17) is 44.3 Å². The number of hydrogen-bond acceptors (Lipinski definition) is 5.